The Bertz CT molecular complexity index is 1010. The third-order valence-electron chi connectivity index (χ3n) is 5.91. The van der Waals surface area contributed by atoms with Gasteiger partial charge in [0.25, 0.3) is 0 Å². The van der Waals surface area contributed by atoms with E-state index in [-0.39, 0.29) is 135 Å². The molecule has 0 radical (unpaired) electrons. The molecule has 17 nitrogen and oxygen atoms in total. The number of rotatable bonds is 32. The Morgan fingerprint density at radius 1 is 0.562 bits per heavy atom. The lowest BCUT2D eigenvalue weighted by Gasteiger charge is -2.33. The number of ketones is 1. The van der Waals surface area contributed by atoms with Gasteiger partial charge in [0.1, 0.15) is 25.6 Å². The molecule has 0 aromatic rings. The SMILES string of the molecule is C=C(C)C(=O)OCCOCC(COCCOC(=O)CCNCC(=O)O)(COCCOC(=O)C(=C)C)COCCC(=O)CCNCC(=O)O. The Morgan fingerprint density at radius 3 is 1.38 bits per heavy atom. The highest BCUT2D eigenvalue weighted by atomic mass is 16.6. The normalized spacial score (nSPS) is 11.0. The van der Waals surface area contributed by atoms with Gasteiger partial charge in [-0.15, -0.1) is 0 Å². The van der Waals surface area contributed by atoms with E-state index in [1.165, 1.54) is 13.8 Å². The van der Waals surface area contributed by atoms with Crippen LogP contribution in [-0.4, -0.2) is 145 Å². The largest absolute Gasteiger partial charge is 0.480 e. The van der Waals surface area contributed by atoms with Gasteiger partial charge in [-0.1, -0.05) is 13.2 Å². The number of nitrogens with one attached hydrogen (secondary N) is 2. The number of carboxylic acid groups (broad SMARTS) is 2. The predicted molar refractivity (Wildman–Crippen MR) is 168 cm³/mol. The number of hydrogen-bond donors (Lipinski definition) is 4. The maximum absolute atomic E-state index is 12.2. The molecule has 274 valence electrons. The molecule has 0 aliphatic carbocycles. The molecule has 4 N–H and O–H groups in total. The van der Waals surface area contributed by atoms with Crippen LogP contribution >= 0.6 is 0 Å². The van der Waals surface area contributed by atoms with E-state index in [1.54, 1.807) is 0 Å². The van der Waals surface area contributed by atoms with Crippen molar-refractivity contribution in [1.29, 1.82) is 0 Å². The molecule has 0 aliphatic heterocycles. The van der Waals surface area contributed by atoms with Crippen LogP contribution in [0.15, 0.2) is 24.3 Å². The van der Waals surface area contributed by atoms with Crippen molar-refractivity contribution in [3.05, 3.63) is 24.3 Å². The Kier molecular flexibility index (Phi) is 25.1. The van der Waals surface area contributed by atoms with Crippen LogP contribution in [0, 0.1) is 5.41 Å². The van der Waals surface area contributed by atoms with Gasteiger partial charge in [-0.25, -0.2) is 9.59 Å². The van der Waals surface area contributed by atoms with Crippen molar-refractivity contribution < 1.29 is 72.1 Å². The summed E-state index contributed by atoms with van der Waals surface area (Å²) in [5, 5.41) is 22.5. The van der Waals surface area contributed by atoms with Crippen molar-refractivity contribution in [2.24, 2.45) is 5.41 Å². The summed E-state index contributed by atoms with van der Waals surface area (Å²) in [5.74, 6) is -3.90. The summed E-state index contributed by atoms with van der Waals surface area (Å²) in [4.78, 5) is 68.7. The van der Waals surface area contributed by atoms with Gasteiger partial charge >= 0.3 is 29.8 Å². The van der Waals surface area contributed by atoms with Gasteiger partial charge < -0.3 is 54.0 Å². The van der Waals surface area contributed by atoms with Crippen LogP contribution < -0.4 is 10.6 Å². The maximum atomic E-state index is 12.2. The van der Waals surface area contributed by atoms with E-state index in [0.717, 1.165) is 0 Å². The van der Waals surface area contributed by atoms with Crippen LogP contribution in [0.2, 0.25) is 0 Å². The van der Waals surface area contributed by atoms with Crippen LogP contribution in [0.5, 0.6) is 0 Å². The van der Waals surface area contributed by atoms with Crippen LogP contribution in [-0.2, 0) is 61.9 Å². The second kappa shape index (κ2) is 27.2. The van der Waals surface area contributed by atoms with Crippen LogP contribution in [0.1, 0.15) is 33.1 Å². The van der Waals surface area contributed by atoms with E-state index in [9.17, 15) is 28.8 Å². The average Bonchev–Trinajstić information content (AvgIpc) is 3.02. The quantitative estimate of drug-likeness (QED) is 0.0313. The molecule has 0 saturated carbocycles. The number of hydrogen-bond acceptors (Lipinski definition) is 15. The zero-order valence-corrected chi connectivity index (χ0v) is 27.8. The van der Waals surface area contributed by atoms with E-state index < -0.39 is 35.3 Å². The minimum Gasteiger partial charge on any atom is -0.480 e. The topological polar surface area (TPSA) is 232 Å². The first-order chi connectivity index (χ1) is 22.8. The monoisotopic (exact) mass is 690 g/mol. The minimum absolute atomic E-state index is 0.00867. The molecule has 0 aliphatic rings. The summed E-state index contributed by atoms with van der Waals surface area (Å²) in [6, 6.07) is 0. The summed E-state index contributed by atoms with van der Waals surface area (Å²) in [5.41, 5.74) is -0.513. The van der Waals surface area contributed by atoms with Crippen molar-refractivity contribution in [3.8, 4) is 0 Å². The number of carbonyl (C=O) groups is 6. The van der Waals surface area contributed by atoms with Crippen molar-refractivity contribution in [2.45, 2.75) is 33.1 Å². The summed E-state index contributed by atoms with van der Waals surface area (Å²) >= 11 is 0. The highest BCUT2D eigenvalue weighted by Gasteiger charge is 2.33. The molecule has 0 saturated heterocycles. The van der Waals surface area contributed by atoms with E-state index in [2.05, 4.69) is 23.8 Å². The fourth-order valence-electron chi connectivity index (χ4n) is 3.44. The molecule has 17 heteroatoms. The fourth-order valence-corrected chi connectivity index (χ4v) is 3.44. The number of esters is 3. The average molecular weight is 691 g/mol. The van der Waals surface area contributed by atoms with Gasteiger partial charge in [0, 0.05) is 37.1 Å². The maximum Gasteiger partial charge on any atom is 0.333 e. The van der Waals surface area contributed by atoms with E-state index in [4.69, 9.17) is 43.4 Å². The predicted octanol–water partition coefficient (Wildman–Crippen LogP) is -0.0912. The van der Waals surface area contributed by atoms with Crippen molar-refractivity contribution in [3.63, 3.8) is 0 Å². The van der Waals surface area contributed by atoms with Gasteiger partial charge in [-0.05, 0) is 13.8 Å². The summed E-state index contributed by atoms with van der Waals surface area (Å²) in [6.45, 7) is 9.70. The number of Topliss-reactive ketones (excluding diaryl/α,β-unsaturated/α-hetero) is 1. The molecule has 0 fully saturated rings. The lowest BCUT2D eigenvalue weighted by molar-refractivity contribution is -0.149. The van der Waals surface area contributed by atoms with Crippen molar-refractivity contribution >= 4 is 35.6 Å². The second-order valence-corrected chi connectivity index (χ2v) is 10.7. The first-order valence-electron chi connectivity index (χ1n) is 15.3. The highest BCUT2D eigenvalue weighted by Crippen LogP contribution is 2.21. The third-order valence-corrected chi connectivity index (χ3v) is 5.91. The van der Waals surface area contributed by atoms with Gasteiger partial charge in [-0.2, -0.15) is 0 Å². The second-order valence-electron chi connectivity index (χ2n) is 10.7. The molecule has 0 rings (SSSR count). The van der Waals surface area contributed by atoms with Gasteiger partial charge in [-0.3, -0.25) is 19.2 Å². The molecule has 48 heavy (non-hydrogen) atoms. The summed E-state index contributed by atoms with van der Waals surface area (Å²) in [7, 11) is 0. The Labute approximate surface area is 280 Å². The van der Waals surface area contributed by atoms with Crippen LogP contribution in [0.3, 0.4) is 0 Å². The molecule has 0 unspecified atom stereocenters. The van der Waals surface area contributed by atoms with Gasteiger partial charge in [0.2, 0.25) is 0 Å². The van der Waals surface area contributed by atoms with Crippen molar-refractivity contribution in [2.75, 3.05) is 98.9 Å². The lowest BCUT2D eigenvalue weighted by Crippen LogP contribution is -2.42. The molecular formula is C31H50N2O15. The number of ether oxygens (including phenoxy) is 7. The van der Waals surface area contributed by atoms with Crippen LogP contribution in [0.25, 0.3) is 0 Å². The molecule has 0 atom stereocenters. The number of carboxylic acids is 2. The van der Waals surface area contributed by atoms with Crippen LogP contribution in [0.4, 0.5) is 0 Å². The number of aliphatic carboxylic acids is 2. The van der Waals surface area contributed by atoms with Crippen molar-refractivity contribution in [1.82, 2.24) is 10.6 Å². The number of carbonyl (C=O) groups excluding carboxylic acids is 4. The lowest BCUT2D eigenvalue weighted by atomic mass is 9.92. The summed E-state index contributed by atoms with van der Waals surface area (Å²) < 4.78 is 38.4. The smallest absolute Gasteiger partial charge is 0.333 e. The fraction of sp³-hybridized carbons (Fsp3) is 0.677. The molecule has 0 aromatic carbocycles. The minimum atomic E-state index is -1.05. The molecule has 0 heterocycles. The summed E-state index contributed by atoms with van der Waals surface area (Å²) in [6.07, 6.45) is 0.155. The Morgan fingerprint density at radius 2 is 0.958 bits per heavy atom. The molecule has 0 spiro atoms. The molecule has 0 aromatic heterocycles. The molecule has 0 amide bonds. The first-order valence-corrected chi connectivity index (χ1v) is 15.3. The van der Waals surface area contributed by atoms with E-state index in [0.29, 0.717) is 0 Å². The molecular weight excluding hydrogens is 640 g/mol. The standard InChI is InChI=1S/C31H50N2O15/c1-23(2)29(40)47-15-12-44-21-31(22-45-13-16-48-30(41)24(3)4,19-42-10-7-25(34)5-8-32-17-26(35)36)20-43-11-14-46-28(39)6-9-33-18-27(37)38/h32-33H,1,3,5-22H2,2,4H3,(H,35,36)(H,37,38). The highest BCUT2D eigenvalue weighted by molar-refractivity contribution is 5.87. The zero-order valence-electron chi connectivity index (χ0n) is 27.8. The Balaban J connectivity index is 5.27. The third kappa shape index (κ3) is 25.4. The van der Waals surface area contributed by atoms with E-state index >= 15 is 0 Å². The van der Waals surface area contributed by atoms with Gasteiger partial charge in [0.15, 0.2) is 0 Å². The Hall–Kier alpha value is -3.74. The molecule has 0 bridgehead atoms. The zero-order chi connectivity index (χ0) is 36.2. The van der Waals surface area contributed by atoms with Gasteiger partial charge in [0.05, 0.1) is 77.8 Å². The van der Waals surface area contributed by atoms with E-state index in [1.807, 2.05) is 0 Å². The first kappa shape index (κ1) is 44.3.